The Labute approximate surface area is 64.8 Å². The van der Waals surface area contributed by atoms with E-state index in [1.54, 1.807) is 6.92 Å². The molecule has 1 atom stereocenters. The van der Waals surface area contributed by atoms with Crippen LogP contribution in [-0.4, -0.2) is 28.2 Å². The van der Waals surface area contributed by atoms with Crippen molar-refractivity contribution in [3.05, 3.63) is 0 Å². The number of carbonyl (C=O) groups is 2. The zero-order chi connectivity index (χ0) is 9.44. The van der Waals surface area contributed by atoms with Gasteiger partial charge in [0.2, 0.25) is 0 Å². The highest BCUT2D eigenvalue weighted by Gasteiger charge is 1.98. The molecule has 0 fully saturated rings. The van der Waals surface area contributed by atoms with Gasteiger partial charge in [0, 0.05) is 13.0 Å². The van der Waals surface area contributed by atoms with Gasteiger partial charge in [0.15, 0.2) is 0 Å². The lowest BCUT2D eigenvalue weighted by molar-refractivity contribution is -0.137. The van der Waals surface area contributed by atoms with Crippen molar-refractivity contribution in [2.75, 3.05) is 0 Å². The molecule has 0 aromatic carbocycles. The van der Waals surface area contributed by atoms with Crippen LogP contribution < -0.4 is 5.73 Å². The molecule has 0 heterocycles. The van der Waals surface area contributed by atoms with Gasteiger partial charge in [0.05, 0.1) is 6.42 Å². The van der Waals surface area contributed by atoms with Crippen LogP contribution in [-0.2, 0) is 9.59 Å². The average Bonchev–Trinajstić information content (AvgIpc) is 1.56. The van der Waals surface area contributed by atoms with Crippen LogP contribution in [0.3, 0.4) is 0 Å². The quantitative estimate of drug-likeness (QED) is 0.527. The van der Waals surface area contributed by atoms with Crippen LogP contribution >= 0.6 is 0 Å². The maximum absolute atomic E-state index is 9.73. The van der Waals surface area contributed by atoms with Crippen LogP contribution in [0.1, 0.15) is 20.3 Å². The molecule has 0 aliphatic rings. The molecule has 66 valence electrons. The minimum atomic E-state index is -0.838. The molecule has 0 radical (unpaired) electrons. The predicted molar refractivity (Wildman–Crippen MR) is 39.2 cm³/mol. The maximum Gasteiger partial charge on any atom is 0.304 e. The molecule has 0 spiro atoms. The largest absolute Gasteiger partial charge is 0.481 e. The summed E-state index contributed by atoms with van der Waals surface area (Å²) in [6.07, 6.45) is 0.0556. The summed E-state index contributed by atoms with van der Waals surface area (Å²) in [6.45, 7) is 2.74. The zero-order valence-electron chi connectivity index (χ0n) is 6.57. The molecule has 1 unspecified atom stereocenters. The molecule has 5 heteroatoms. The van der Waals surface area contributed by atoms with E-state index in [9.17, 15) is 4.79 Å². The summed E-state index contributed by atoms with van der Waals surface area (Å²) < 4.78 is 0. The zero-order valence-corrected chi connectivity index (χ0v) is 6.57. The average molecular weight is 163 g/mol. The Hall–Kier alpha value is -1.10. The number of nitrogens with two attached hydrogens (primary N) is 1. The molecule has 0 rings (SSSR count). The van der Waals surface area contributed by atoms with E-state index in [0.717, 1.165) is 6.92 Å². The summed E-state index contributed by atoms with van der Waals surface area (Å²) in [4.78, 5) is 18.7. The van der Waals surface area contributed by atoms with Crippen molar-refractivity contribution in [1.82, 2.24) is 0 Å². The fourth-order valence-corrected chi connectivity index (χ4v) is 0.275. The lowest BCUT2D eigenvalue weighted by Gasteiger charge is -1.95. The topological polar surface area (TPSA) is 101 Å². The van der Waals surface area contributed by atoms with Gasteiger partial charge < -0.3 is 15.9 Å². The van der Waals surface area contributed by atoms with Crippen LogP contribution in [0.5, 0.6) is 0 Å². The molecule has 4 N–H and O–H groups in total. The molecular weight excluding hydrogens is 150 g/mol. The van der Waals surface area contributed by atoms with E-state index in [-0.39, 0.29) is 12.5 Å². The molecular formula is C6H13NO4. The second-order valence-electron chi connectivity index (χ2n) is 2.09. The van der Waals surface area contributed by atoms with Crippen molar-refractivity contribution in [2.24, 2.45) is 5.73 Å². The smallest absolute Gasteiger partial charge is 0.304 e. The monoisotopic (exact) mass is 163 g/mol. The third kappa shape index (κ3) is 50.4. The van der Waals surface area contributed by atoms with Gasteiger partial charge in [-0.1, -0.05) is 0 Å². The molecule has 0 saturated heterocycles. The van der Waals surface area contributed by atoms with Crippen molar-refractivity contribution in [3.63, 3.8) is 0 Å². The first-order valence-electron chi connectivity index (χ1n) is 3.03. The molecule has 0 aliphatic heterocycles. The van der Waals surface area contributed by atoms with Crippen molar-refractivity contribution in [3.8, 4) is 0 Å². The Morgan fingerprint density at radius 1 is 1.45 bits per heavy atom. The molecule has 0 aromatic rings. The van der Waals surface area contributed by atoms with E-state index >= 15 is 0 Å². The standard InChI is InChI=1S/C4H9NO2.C2H4O2/c1-3(5)2-4(6)7;1-2(3)4/h3H,2,5H2,1H3,(H,6,7);1H3,(H,3,4). The van der Waals surface area contributed by atoms with E-state index in [1.807, 2.05) is 0 Å². The van der Waals surface area contributed by atoms with Crippen LogP contribution in [0.15, 0.2) is 0 Å². The number of carboxylic acid groups (broad SMARTS) is 2. The van der Waals surface area contributed by atoms with E-state index in [1.165, 1.54) is 0 Å². The summed E-state index contributed by atoms with van der Waals surface area (Å²) in [5, 5.41) is 15.4. The first kappa shape index (κ1) is 12.6. The van der Waals surface area contributed by atoms with Crippen LogP contribution in [0.25, 0.3) is 0 Å². The Balaban J connectivity index is 0. The summed E-state index contributed by atoms with van der Waals surface area (Å²) in [6, 6.07) is -0.225. The number of carboxylic acids is 2. The second-order valence-corrected chi connectivity index (χ2v) is 2.09. The SMILES string of the molecule is CC(=O)O.CC(N)CC(=O)O. The number of hydrogen-bond acceptors (Lipinski definition) is 3. The Kier molecular flexibility index (Phi) is 8.01. The predicted octanol–water partition coefficient (Wildman–Crippen LogP) is -0.101. The van der Waals surface area contributed by atoms with Crippen molar-refractivity contribution in [1.29, 1.82) is 0 Å². The Morgan fingerprint density at radius 3 is 1.73 bits per heavy atom. The van der Waals surface area contributed by atoms with Gasteiger partial charge in [-0.25, -0.2) is 0 Å². The first-order valence-corrected chi connectivity index (χ1v) is 3.03. The summed E-state index contributed by atoms with van der Waals surface area (Å²) >= 11 is 0. The molecule has 0 bridgehead atoms. The van der Waals surface area contributed by atoms with E-state index in [4.69, 9.17) is 20.7 Å². The van der Waals surface area contributed by atoms with Crippen molar-refractivity contribution < 1.29 is 19.8 Å². The third-order valence-corrected chi connectivity index (χ3v) is 0.497. The minimum absolute atomic E-state index is 0.0556. The highest BCUT2D eigenvalue weighted by molar-refractivity contribution is 5.67. The normalized spacial score (nSPS) is 10.8. The lowest BCUT2D eigenvalue weighted by atomic mass is 10.3. The molecule has 5 nitrogen and oxygen atoms in total. The van der Waals surface area contributed by atoms with Gasteiger partial charge in [0.25, 0.3) is 5.97 Å². The second kappa shape index (κ2) is 7.01. The van der Waals surface area contributed by atoms with Crippen molar-refractivity contribution in [2.45, 2.75) is 26.3 Å². The van der Waals surface area contributed by atoms with Gasteiger partial charge >= 0.3 is 5.97 Å². The van der Waals surface area contributed by atoms with E-state index in [2.05, 4.69) is 0 Å². The number of hydrogen-bond donors (Lipinski definition) is 3. The van der Waals surface area contributed by atoms with Gasteiger partial charge in [0.1, 0.15) is 0 Å². The van der Waals surface area contributed by atoms with Gasteiger partial charge in [-0.3, -0.25) is 9.59 Å². The van der Waals surface area contributed by atoms with Crippen molar-refractivity contribution >= 4 is 11.9 Å². The lowest BCUT2D eigenvalue weighted by Crippen LogP contribution is -2.18. The summed E-state index contributed by atoms with van der Waals surface area (Å²) in [5.74, 6) is -1.67. The van der Waals surface area contributed by atoms with Gasteiger partial charge in [-0.05, 0) is 6.92 Å². The molecule has 0 amide bonds. The fourth-order valence-electron chi connectivity index (χ4n) is 0.275. The van der Waals surface area contributed by atoms with E-state index < -0.39 is 11.9 Å². The number of rotatable bonds is 2. The summed E-state index contributed by atoms with van der Waals surface area (Å²) in [5.41, 5.74) is 5.11. The first-order chi connectivity index (χ1) is 4.86. The van der Waals surface area contributed by atoms with Gasteiger partial charge in [-0.15, -0.1) is 0 Å². The third-order valence-electron chi connectivity index (χ3n) is 0.497. The fraction of sp³-hybridized carbons (Fsp3) is 0.667. The number of aliphatic carboxylic acids is 2. The minimum Gasteiger partial charge on any atom is -0.481 e. The highest BCUT2D eigenvalue weighted by atomic mass is 16.4. The Morgan fingerprint density at radius 2 is 1.73 bits per heavy atom. The van der Waals surface area contributed by atoms with Crippen LogP contribution in [0.4, 0.5) is 0 Å². The highest BCUT2D eigenvalue weighted by Crippen LogP contribution is 1.82. The van der Waals surface area contributed by atoms with E-state index in [0.29, 0.717) is 0 Å². The molecule has 0 saturated carbocycles. The summed E-state index contributed by atoms with van der Waals surface area (Å²) in [7, 11) is 0. The van der Waals surface area contributed by atoms with Crippen LogP contribution in [0, 0.1) is 0 Å². The molecule has 0 aromatic heterocycles. The van der Waals surface area contributed by atoms with Crippen LogP contribution in [0.2, 0.25) is 0 Å². The Bertz CT molecular complexity index is 129. The van der Waals surface area contributed by atoms with Gasteiger partial charge in [-0.2, -0.15) is 0 Å². The maximum atomic E-state index is 9.73. The molecule has 0 aliphatic carbocycles. The molecule has 11 heavy (non-hydrogen) atoms.